The average molecular weight is 2220 g/mol. The first-order valence-electron chi connectivity index (χ1n) is 53.3. The number of furan rings is 2. The summed E-state index contributed by atoms with van der Waals surface area (Å²) in [6.07, 6.45) is 40.6. The van der Waals surface area contributed by atoms with Gasteiger partial charge in [-0.3, -0.25) is 4.79 Å². The van der Waals surface area contributed by atoms with E-state index in [1.807, 2.05) is 42.5 Å². The topological polar surface area (TPSA) is 147 Å². The fourth-order valence-electron chi connectivity index (χ4n) is 16.0. The lowest BCUT2D eigenvalue weighted by molar-refractivity contribution is 0.276. The van der Waals surface area contributed by atoms with E-state index in [4.69, 9.17) is 18.3 Å². The lowest BCUT2D eigenvalue weighted by Gasteiger charge is -2.13. The third kappa shape index (κ3) is 58.8. The summed E-state index contributed by atoms with van der Waals surface area (Å²) in [6.45, 7) is 31.7. The van der Waals surface area contributed by atoms with Crippen molar-refractivity contribution >= 4 is 131 Å². The molecule has 10 aromatic carbocycles. The van der Waals surface area contributed by atoms with Gasteiger partial charge in [0.1, 0.15) is 17.3 Å². The molecule has 22 heteroatoms. The molecule has 800 valence electrons. The van der Waals surface area contributed by atoms with Crippen LogP contribution in [-0.2, 0) is 132 Å². The Morgan fingerprint density at radius 3 is 0.857 bits per heavy atom. The summed E-state index contributed by atoms with van der Waals surface area (Å²) < 4.78 is 83.6. The summed E-state index contributed by atoms with van der Waals surface area (Å²) in [5.41, 5.74) is 27.7. The summed E-state index contributed by atoms with van der Waals surface area (Å²) in [4.78, 5) is 11.4. The highest BCUT2D eigenvalue weighted by atomic mass is 33.1. The second-order valence-electron chi connectivity index (χ2n) is 38.0. The molecule has 0 saturated carbocycles. The number of hydrogen-bond donors (Lipinski definition) is 0. The van der Waals surface area contributed by atoms with E-state index in [1.165, 1.54) is 322 Å². The molecular weight excluding hydrogens is 2050 g/mol. The Hall–Kier alpha value is -6.77. The molecule has 5 atom stereocenters. The maximum atomic E-state index is 12.5. The second-order valence-corrected chi connectivity index (χ2v) is 56.4. The zero-order chi connectivity index (χ0) is 106. The molecule has 5 unspecified atom stereocenters. The number of rotatable bonds is 61. The molecule has 0 fully saturated rings. The molecule has 0 aliphatic heterocycles. The van der Waals surface area contributed by atoms with Crippen molar-refractivity contribution in [2.24, 2.45) is 0 Å². The lowest BCUT2D eigenvalue weighted by Crippen LogP contribution is -2.00. The third-order valence-corrected chi connectivity index (χ3v) is 40.4. The fourth-order valence-corrected chi connectivity index (χ4v) is 30.2. The number of carbonyl (C=O) groups excluding carboxylic acids is 1. The van der Waals surface area contributed by atoms with Gasteiger partial charge in [-0.25, -0.2) is 21.0 Å². The first kappa shape index (κ1) is 127. The van der Waals surface area contributed by atoms with Gasteiger partial charge >= 0.3 is 0 Å². The van der Waals surface area contributed by atoms with Gasteiger partial charge in [0.25, 0.3) is 4.45 Å². The third-order valence-electron chi connectivity index (χ3n) is 24.7. The van der Waals surface area contributed by atoms with Gasteiger partial charge in [-0.05, 0) is 269 Å². The van der Waals surface area contributed by atoms with E-state index >= 15 is 0 Å². The molecular formula is C125H168O10S12. The van der Waals surface area contributed by atoms with Crippen LogP contribution in [-0.4, -0.2) is 38.7 Å². The normalized spacial score (nSPS) is 12.0. The SMILES string of the molecule is CCCCCCCCCCCCc1ccc(CS(=O)SCc2ccc(C)cc2)cc1.CCCCCCOc1ccc(CSS(=O)Cc2ccc(OCCCCCC)cc2)cc1.CCCCCCc1ccc(CSS(=O)Cc2ccc(CCCCCC)cc2)cc1.Cc1cc(C)c(CSS(=O)Cc2c(C)cc(C)cc2C)c(C)c1.Cc1ccc(CSS(=O)Cc2ccc(C)cc2)cc1.O=C(SCc1ccco1)Sc1ccco1. The predicted octanol–water partition coefficient (Wildman–Crippen LogP) is 38.3. The molecule has 0 amide bonds. The summed E-state index contributed by atoms with van der Waals surface area (Å²) >= 11 is 2.29. The quantitative estimate of drug-likeness (QED) is 0.0202. The maximum Gasteiger partial charge on any atom is 0.254 e. The van der Waals surface area contributed by atoms with Gasteiger partial charge in [-0.1, -0.05) is 457 Å². The summed E-state index contributed by atoms with van der Waals surface area (Å²) in [7, 11) is 3.14. The number of ether oxygens (including phenoxy) is 2. The molecule has 2 heterocycles. The van der Waals surface area contributed by atoms with Crippen molar-refractivity contribution in [2.75, 3.05) is 13.2 Å². The Labute approximate surface area is 926 Å². The van der Waals surface area contributed by atoms with Crippen LogP contribution in [0.2, 0.25) is 0 Å². The monoisotopic (exact) mass is 2210 g/mol. The average Bonchev–Trinajstić information content (AvgIpc) is 1.38. The van der Waals surface area contributed by atoms with Crippen LogP contribution >= 0.6 is 77.5 Å². The van der Waals surface area contributed by atoms with Crippen molar-refractivity contribution in [1.29, 1.82) is 0 Å². The molecule has 0 spiro atoms. The van der Waals surface area contributed by atoms with E-state index in [9.17, 15) is 25.8 Å². The highest BCUT2D eigenvalue weighted by Gasteiger charge is 2.16. The minimum Gasteiger partial charge on any atom is -0.494 e. The number of benzene rings is 10. The molecule has 2 aromatic heterocycles. The van der Waals surface area contributed by atoms with Crippen LogP contribution in [0.5, 0.6) is 11.5 Å². The van der Waals surface area contributed by atoms with E-state index < -0.39 is 49.2 Å². The Kier molecular flexibility index (Phi) is 67.8. The molecule has 147 heavy (non-hydrogen) atoms. The zero-order valence-electron chi connectivity index (χ0n) is 90.4. The van der Waals surface area contributed by atoms with Crippen LogP contribution in [0.15, 0.2) is 269 Å². The Morgan fingerprint density at radius 1 is 0.259 bits per heavy atom. The van der Waals surface area contributed by atoms with Gasteiger partial charge in [0, 0.05) is 28.8 Å². The molecule has 0 radical (unpaired) electrons. The molecule has 12 aromatic rings. The van der Waals surface area contributed by atoms with Crippen LogP contribution in [0.3, 0.4) is 0 Å². The van der Waals surface area contributed by atoms with Gasteiger partial charge in [0.05, 0.1) is 109 Å². The standard InChI is InChI=1S/C27H40OS2.C26H38O3S2.C26H38OS2.C20H26OS2.C16H18OS2.C10H8O3S2/c1-3-4-5-6-7-8-9-10-11-12-13-25-18-20-27(21-19-25)23-30(28)29-22-26-16-14-24(2)15-17-26;1-3-5-7-9-19-28-25-15-11-23(12-16-25)21-30-31(27)22-24-13-17-26(18-14-24)29-20-10-8-6-4-2;1-3-5-7-9-11-23-13-17-25(18-14-23)21-28-29(27)22-26-19-15-24(16-20-26)12-10-8-6-4-2;1-13-7-15(3)19(16(4)8-13)11-22-23(21)12-20-17(5)9-14(2)10-18(20)6;1-13-3-7-15(8-4-13)11-18-19(17)12-16-9-5-14(2)6-10-16;11-10(15-9-4-2-6-13-9)14-7-8-3-1-5-12-8/h14-21H,3-13,22-23H2,1-2H3;11-18H,3-10,19-22H2,1-2H3;13-20H,3-12,21-22H2,1-2H3;7-10H,11-12H2,1-6H3;3-10H,11-12H2,1-2H3;1-6H,7H2. The Bertz CT molecular complexity index is 5570. The van der Waals surface area contributed by atoms with Crippen LogP contribution in [0.1, 0.15) is 330 Å². The number of unbranched alkanes of at least 4 members (excludes halogenated alkanes) is 21. The van der Waals surface area contributed by atoms with Crippen molar-refractivity contribution < 1.29 is 44.1 Å². The fraction of sp³-hybridized carbons (Fsp3) is 0.448. The molecule has 0 saturated heterocycles. The van der Waals surface area contributed by atoms with E-state index in [-0.39, 0.29) is 4.45 Å². The molecule has 12 rings (SSSR count). The summed E-state index contributed by atoms with van der Waals surface area (Å²) in [5, 5.41) is 0.618. The van der Waals surface area contributed by atoms with Crippen LogP contribution < -0.4 is 9.47 Å². The number of hydrogen-bond acceptors (Lipinski definition) is 17. The van der Waals surface area contributed by atoms with E-state index in [1.54, 1.807) is 52.3 Å². The van der Waals surface area contributed by atoms with Crippen molar-refractivity contribution in [2.45, 2.75) is 352 Å². The van der Waals surface area contributed by atoms with E-state index in [0.717, 1.165) is 101 Å². The lowest BCUT2D eigenvalue weighted by atomic mass is 10.0. The van der Waals surface area contributed by atoms with Gasteiger partial charge in [-0.2, -0.15) is 0 Å². The predicted molar refractivity (Wildman–Crippen MR) is 653 cm³/mol. The highest BCUT2D eigenvalue weighted by Crippen LogP contribution is 2.33. The minimum absolute atomic E-state index is 0.00125. The molecule has 0 bridgehead atoms. The van der Waals surface area contributed by atoms with E-state index in [2.05, 4.69) is 279 Å². The van der Waals surface area contributed by atoms with Crippen LogP contribution in [0.25, 0.3) is 0 Å². The van der Waals surface area contributed by atoms with Crippen molar-refractivity contribution in [1.82, 2.24) is 0 Å². The Morgan fingerprint density at radius 2 is 0.524 bits per heavy atom. The summed E-state index contributed by atoms with van der Waals surface area (Å²) in [6, 6.07) is 83.6. The van der Waals surface area contributed by atoms with Crippen LogP contribution in [0, 0.1) is 62.3 Å². The molecule has 0 N–H and O–H groups in total. The van der Waals surface area contributed by atoms with Gasteiger partial charge in [0.15, 0.2) is 5.09 Å². The highest BCUT2D eigenvalue weighted by molar-refractivity contribution is 8.69. The number of carbonyl (C=O) groups is 1. The van der Waals surface area contributed by atoms with Crippen molar-refractivity contribution in [3.05, 3.63) is 383 Å². The minimum atomic E-state index is -0.956. The number of aryl methyl sites for hydroxylation is 12. The first-order valence-corrected chi connectivity index (χ1v) is 69.2. The van der Waals surface area contributed by atoms with Crippen molar-refractivity contribution in [3.63, 3.8) is 0 Å². The van der Waals surface area contributed by atoms with Crippen LogP contribution in [0.4, 0.5) is 4.79 Å². The smallest absolute Gasteiger partial charge is 0.254 e. The first-order chi connectivity index (χ1) is 71.3. The van der Waals surface area contributed by atoms with Gasteiger partial charge < -0.3 is 18.3 Å². The largest absolute Gasteiger partial charge is 0.494 e. The van der Waals surface area contributed by atoms with Crippen molar-refractivity contribution in [3.8, 4) is 11.5 Å². The Balaban J connectivity index is 0.000000242. The summed E-state index contributed by atoms with van der Waals surface area (Å²) in [5.74, 6) is 10.2. The van der Waals surface area contributed by atoms with Gasteiger partial charge in [-0.15, -0.1) is 0 Å². The van der Waals surface area contributed by atoms with E-state index in [0.29, 0.717) is 39.6 Å². The van der Waals surface area contributed by atoms with Gasteiger partial charge in [0.2, 0.25) is 0 Å². The number of thioether (sulfide) groups is 2. The molecule has 0 aliphatic rings. The molecule has 10 nitrogen and oxygen atoms in total. The molecule has 0 aliphatic carbocycles. The maximum absolute atomic E-state index is 12.5. The zero-order valence-corrected chi connectivity index (χ0v) is 100. The second kappa shape index (κ2) is 78.4.